The average Bonchev–Trinajstić information content (AvgIpc) is 2.76. The summed E-state index contributed by atoms with van der Waals surface area (Å²) in [7, 11) is 0. The van der Waals surface area contributed by atoms with Gasteiger partial charge >= 0.3 is 0 Å². The number of nitrogens with zero attached hydrogens (tertiary/aromatic N) is 1. The molecule has 0 aliphatic heterocycles. The molecule has 33 heavy (non-hydrogen) atoms. The first-order valence-corrected chi connectivity index (χ1v) is 12.3. The Bertz CT molecular complexity index is 931. The SMILES string of the molecule is CC[C@@H](C)NC(=O)[C@H](C)N(Cc1c(Cl)cccc1Cl)C(=O)CCc1ccc(C(C)(C)C)cc1. The van der Waals surface area contributed by atoms with Gasteiger partial charge in [-0.2, -0.15) is 0 Å². The van der Waals surface area contributed by atoms with Crippen molar-refractivity contribution in [2.45, 2.75) is 84.8 Å². The Balaban J connectivity index is 2.20. The summed E-state index contributed by atoms with van der Waals surface area (Å²) in [5, 5.41) is 3.93. The van der Waals surface area contributed by atoms with E-state index in [9.17, 15) is 9.59 Å². The first-order valence-electron chi connectivity index (χ1n) is 11.6. The number of nitrogens with one attached hydrogen (secondary N) is 1. The third kappa shape index (κ3) is 7.75. The zero-order valence-corrected chi connectivity index (χ0v) is 22.1. The van der Waals surface area contributed by atoms with Gasteiger partial charge in [0.1, 0.15) is 6.04 Å². The molecule has 0 aliphatic carbocycles. The van der Waals surface area contributed by atoms with E-state index in [0.717, 1.165) is 12.0 Å². The van der Waals surface area contributed by atoms with Crippen LogP contribution in [0, 0.1) is 0 Å². The summed E-state index contributed by atoms with van der Waals surface area (Å²) in [5.41, 5.74) is 3.07. The van der Waals surface area contributed by atoms with E-state index in [1.165, 1.54) is 5.56 Å². The lowest BCUT2D eigenvalue weighted by Crippen LogP contribution is -2.49. The molecule has 2 aromatic carbocycles. The Hall–Kier alpha value is -2.04. The molecule has 0 spiro atoms. The number of benzene rings is 2. The summed E-state index contributed by atoms with van der Waals surface area (Å²) in [6.45, 7) is 12.4. The van der Waals surface area contributed by atoms with Crippen LogP contribution in [0.1, 0.15) is 71.1 Å². The molecule has 1 N–H and O–H groups in total. The molecule has 0 aromatic heterocycles. The van der Waals surface area contributed by atoms with E-state index in [4.69, 9.17) is 23.2 Å². The molecule has 0 fully saturated rings. The number of amides is 2. The van der Waals surface area contributed by atoms with Gasteiger partial charge < -0.3 is 10.2 Å². The summed E-state index contributed by atoms with van der Waals surface area (Å²) >= 11 is 12.7. The van der Waals surface area contributed by atoms with Crippen LogP contribution in [0.5, 0.6) is 0 Å². The van der Waals surface area contributed by atoms with Gasteiger partial charge in [-0.15, -0.1) is 0 Å². The van der Waals surface area contributed by atoms with Crippen molar-refractivity contribution >= 4 is 35.0 Å². The molecular formula is C27H36Cl2N2O2. The van der Waals surface area contributed by atoms with Gasteiger partial charge in [0.2, 0.25) is 11.8 Å². The molecule has 0 heterocycles. The lowest BCUT2D eigenvalue weighted by molar-refractivity contribution is -0.140. The summed E-state index contributed by atoms with van der Waals surface area (Å²) in [5.74, 6) is -0.298. The fourth-order valence-corrected chi connectivity index (χ4v) is 3.99. The van der Waals surface area contributed by atoms with E-state index in [-0.39, 0.29) is 36.2 Å². The first-order chi connectivity index (χ1) is 15.4. The predicted molar refractivity (Wildman–Crippen MR) is 138 cm³/mol. The molecule has 0 unspecified atom stereocenters. The van der Waals surface area contributed by atoms with Gasteiger partial charge in [0.25, 0.3) is 0 Å². The van der Waals surface area contributed by atoms with E-state index >= 15 is 0 Å². The highest BCUT2D eigenvalue weighted by Gasteiger charge is 2.28. The molecule has 0 bridgehead atoms. The second kappa shape index (κ2) is 11.9. The van der Waals surface area contributed by atoms with Gasteiger partial charge in [-0.3, -0.25) is 9.59 Å². The molecule has 0 radical (unpaired) electrons. The number of carbonyl (C=O) groups is 2. The minimum atomic E-state index is -0.651. The summed E-state index contributed by atoms with van der Waals surface area (Å²) in [4.78, 5) is 27.8. The molecule has 2 atom stereocenters. The number of carbonyl (C=O) groups excluding carboxylic acids is 2. The quantitative estimate of drug-likeness (QED) is 0.432. The molecule has 4 nitrogen and oxygen atoms in total. The maximum absolute atomic E-state index is 13.3. The Kier molecular flexibility index (Phi) is 9.81. The topological polar surface area (TPSA) is 49.4 Å². The lowest BCUT2D eigenvalue weighted by Gasteiger charge is -2.30. The standard InChI is InChI=1S/C27H36Cl2N2O2/c1-7-18(2)30-26(33)19(3)31(17-22-23(28)9-8-10-24(22)29)25(32)16-13-20-11-14-21(15-12-20)27(4,5)6/h8-12,14-15,18-19H,7,13,16-17H2,1-6H3,(H,30,33)/t18-,19+/m1/s1. The van der Waals surface area contributed by atoms with Crippen molar-refractivity contribution < 1.29 is 9.59 Å². The van der Waals surface area contributed by atoms with Crippen LogP contribution < -0.4 is 5.32 Å². The molecule has 6 heteroatoms. The van der Waals surface area contributed by atoms with E-state index in [2.05, 4.69) is 50.4 Å². The normalized spacial score (nSPS) is 13.3. The first kappa shape index (κ1) is 27.2. The maximum atomic E-state index is 13.3. The van der Waals surface area contributed by atoms with Gasteiger partial charge in [0.15, 0.2) is 0 Å². The Morgan fingerprint density at radius 1 is 1.00 bits per heavy atom. The average molecular weight is 492 g/mol. The summed E-state index contributed by atoms with van der Waals surface area (Å²) in [6, 6.07) is 13.0. The Labute approximate surface area is 208 Å². The van der Waals surface area contributed by atoms with Crippen LogP contribution >= 0.6 is 23.2 Å². The lowest BCUT2D eigenvalue weighted by atomic mass is 9.86. The third-order valence-corrected chi connectivity index (χ3v) is 6.71. The van der Waals surface area contributed by atoms with E-state index in [0.29, 0.717) is 22.0 Å². The zero-order chi connectivity index (χ0) is 24.8. The zero-order valence-electron chi connectivity index (χ0n) is 20.5. The van der Waals surface area contributed by atoms with Crippen LogP contribution in [0.4, 0.5) is 0 Å². The number of halogens is 2. The van der Waals surface area contributed by atoms with Crippen LogP contribution in [0.2, 0.25) is 10.0 Å². The number of hydrogen-bond donors (Lipinski definition) is 1. The van der Waals surface area contributed by atoms with Crippen LogP contribution in [0.25, 0.3) is 0 Å². The molecule has 2 rings (SSSR count). The highest BCUT2D eigenvalue weighted by Crippen LogP contribution is 2.27. The smallest absolute Gasteiger partial charge is 0.242 e. The van der Waals surface area contributed by atoms with E-state index in [1.807, 2.05) is 13.8 Å². The van der Waals surface area contributed by atoms with Crippen molar-refractivity contribution in [2.24, 2.45) is 0 Å². The van der Waals surface area contributed by atoms with Crippen molar-refractivity contribution in [2.75, 3.05) is 0 Å². The molecule has 0 aliphatic rings. The van der Waals surface area contributed by atoms with Crippen molar-refractivity contribution in [3.63, 3.8) is 0 Å². The van der Waals surface area contributed by atoms with E-state index in [1.54, 1.807) is 30.0 Å². The maximum Gasteiger partial charge on any atom is 0.242 e. The predicted octanol–water partition coefficient (Wildman–Crippen LogP) is 6.56. The van der Waals surface area contributed by atoms with Crippen LogP contribution in [-0.4, -0.2) is 28.8 Å². The van der Waals surface area contributed by atoms with Crippen LogP contribution in [-0.2, 0) is 28.0 Å². The second-order valence-corrected chi connectivity index (χ2v) is 10.5. The van der Waals surface area contributed by atoms with Gasteiger partial charge in [-0.25, -0.2) is 0 Å². The minimum absolute atomic E-state index is 0.0298. The fraction of sp³-hybridized carbons (Fsp3) is 0.481. The number of rotatable bonds is 9. The molecule has 0 saturated carbocycles. The van der Waals surface area contributed by atoms with Gasteiger partial charge in [0.05, 0.1) is 0 Å². The Morgan fingerprint density at radius 3 is 2.09 bits per heavy atom. The van der Waals surface area contributed by atoms with Crippen molar-refractivity contribution in [1.82, 2.24) is 10.2 Å². The third-order valence-electron chi connectivity index (χ3n) is 6.01. The van der Waals surface area contributed by atoms with Gasteiger partial charge in [-0.05, 0) is 55.4 Å². The molecule has 2 aromatic rings. The van der Waals surface area contributed by atoms with E-state index < -0.39 is 6.04 Å². The molecular weight excluding hydrogens is 455 g/mol. The van der Waals surface area contributed by atoms with Crippen molar-refractivity contribution in [3.05, 3.63) is 69.2 Å². The summed E-state index contributed by atoms with van der Waals surface area (Å²) < 4.78 is 0. The molecule has 180 valence electrons. The molecule has 0 saturated heterocycles. The molecule has 2 amide bonds. The highest BCUT2D eigenvalue weighted by molar-refractivity contribution is 6.36. The van der Waals surface area contributed by atoms with Crippen molar-refractivity contribution in [3.8, 4) is 0 Å². The Morgan fingerprint density at radius 2 is 1.58 bits per heavy atom. The number of aryl methyl sites for hydroxylation is 1. The highest BCUT2D eigenvalue weighted by atomic mass is 35.5. The van der Waals surface area contributed by atoms with Gasteiger partial charge in [0, 0.05) is 34.6 Å². The fourth-order valence-electron chi connectivity index (χ4n) is 3.47. The minimum Gasteiger partial charge on any atom is -0.352 e. The van der Waals surface area contributed by atoms with Crippen molar-refractivity contribution in [1.29, 1.82) is 0 Å². The second-order valence-electron chi connectivity index (χ2n) is 9.66. The largest absolute Gasteiger partial charge is 0.352 e. The van der Waals surface area contributed by atoms with Crippen LogP contribution in [0.3, 0.4) is 0 Å². The number of hydrogen-bond acceptors (Lipinski definition) is 2. The summed E-state index contributed by atoms with van der Waals surface area (Å²) in [6.07, 6.45) is 1.70. The monoisotopic (exact) mass is 490 g/mol. The van der Waals surface area contributed by atoms with Crippen LogP contribution in [0.15, 0.2) is 42.5 Å². The van der Waals surface area contributed by atoms with Gasteiger partial charge in [-0.1, -0.05) is 81.2 Å².